The Bertz CT molecular complexity index is 188. The lowest BCUT2D eigenvalue weighted by atomic mass is 10.1. The van der Waals surface area contributed by atoms with Gasteiger partial charge in [0.2, 0.25) is 0 Å². The molecule has 0 fully saturated rings. The number of rotatable bonds is 5. The smallest absolute Gasteiger partial charge is 0.312 e. The molecule has 0 spiro atoms. The van der Waals surface area contributed by atoms with E-state index in [1.807, 2.05) is 27.7 Å². The number of unbranched alkanes of at least 4 members (excludes halogenated alkanes) is 1. The van der Waals surface area contributed by atoms with Crippen molar-refractivity contribution in [2.45, 2.75) is 46.1 Å². The van der Waals surface area contributed by atoms with Crippen molar-refractivity contribution in [1.29, 1.82) is 0 Å². The first-order valence-corrected chi connectivity index (χ1v) is 6.11. The molecule has 0 aromatic carbocycles. The SMILES string of the molecule is CCCCOP(=O)(O)NC(C)(C)C. The summed E-state index contributed by atoms with van der Waals surface area (Å²) in [5.74, 6) is 0. The van der Waals surface area contributed by atoms with Gasteiger partial charge in [-0.3, -0.25) is 4.52 Å². The predicted octanol–water partition coefficient (Wildman–Crippen LogP) is 2.29. The second kappa shape index (κ2) is 5.11. The summed E-state index contributed by atoms with van der Waals surface area (Å²) in [5.41, 5.74) is -0.406. The van der Waals surface area contributed by atoms with Crippen LogP contribution in [0, 0.1) is 0 Å². The standard InChI is InChI=1S/C8H20NO3P/c1-5-6-7-12-13(10,11)9-8(2,3)4/h5-7H2,1-4H3,(H2,9,10,11). The van der Waals surface area contributed by atoms with Crippen molar-refractivity contribution in [1.82, 2.24) is 5.09 Å². The molecule has 0 aromatic heterocycles. The Balaban J connectivity index is 3.88. The van der Waals surface area contributed by atoms with Crippen LogP contribution in [0.2, 0.25) is 0 Å². The molecule has 0 saturated carbocycles. The molecule has 80 valence electrons. The van der Waals surface area contributed by atoms with Crippen LogP contribution >= 0.6 is 7.75 Å². The first-order valence-electron chi connectivity index (χ1n) is 4.53. The van der Waals surface area contributed by atoms with Crippen LogP contribution in [-0.2, 0) is 9.09 Å². The Morgan fingerprint density at radius 2 is 2.00 bits per heavy atom. The first-order chi connectivity index (χ1) is 5.77. The van der Waals surface area contributed by atoms with E-state index in [4.69, 9.17) is 4.52 Å². The Morgan fingerprint density at radius 3 is 2.38 bits per heavy atom. The molecule has 0 bridgehead atoms. The summed E-state index contributed by atoms with van der Waals surface area (Å²) in [6, 6.07) is 0. The highest BCUT2D eigenvalue weighted by Gasteiger charge is 2.25. The van der Waals surface area contributed by atoms with E-state index in [2.05, 4.69) is 5.09 Å². The van der Waals surface area contributed by atoms with Gasteiger partial charge in [0.15, 0.2) is 0 Å². The van der Waals surface area contributed by atoms with E-state index >= 15 is 0 Å². The van der Waals surface area contributed by atoms with Crippen molar-refractivity contribution in [3.63, 3.8) is 0 Å². The van der Waals surface area contributed by atoms with Crippen LogP contribution in [0.25, 0.3) is 0 Å². The zero-order valence-corrected chi connectivity index (χ0v) is 9.73. The predicted molar refractivity (Wildman–Crippen MR) is 53.6 cm³/mol. The van der Waals surface area contributed by atoms with E-state index < -0.39 is 13.3 Å². The van der Waals surface area contributed by atoms with Gasteiger partial charge < -0.3 is 4.89 Å². The third-order valence-electron chi connectivity index (χ3n) is 1.24. The zero-order valence-electron chi connectivity index (χ0n) is 8.83. The van der Waals surface area contributed by atoms with Crippen LogP contribution in [0.15, 0.2) is 0 Å². The molecule has 2 N–H and O–H groups in total. The molecule has 0 aliphatic rings. The van der Waals surface area contributed by atoms with Gasteiger partial charge in [0.1, 0.15) is 0 Å². The van der Waals surface area contributed by atoms with Crippen LogP contribution in [-0.4, -0.2) is 17.0 Å². The highest BCUT2D eigenvalue weighted by atomic mass is 31.2. The molecule has 0 amide bonds. The zero-order chi connectivity index (χ0) is 10.5. The summed E-state index contributed by atoms with van der Waals surface area (Å²) in [6.07, 6.45) is 1.76. The average molecular weight is 209 g/mol. The van der Waals surface area contributed by atoms with Crippen molar-refractivity contribution in [3.05, 3.63) is 0 Å². The lowest BCUT2D eigenvalue weighted by molar-refractivity contribution is 0.235. The highest BCUT2D eigenvalue weighted by molar-refractivity contribution is 7.50. The average Bonchev–Trinajstić information content (AvgIpc) is 1.81. The molecule has 0 aliphatic heterocycles. The van der Waals surface area contributed by atoms with Crippen molar-refractivity contribution in [2.75, 3.05) is 6.61 Å². The van der Waals surface area contributed by atoms with Gasteiger partial charge in [-0.05, 0) is 27.2 Å². The first kappa shape index (κ1) is 13.1. The van der Waals surface area contributed by atoms with Crippen molar-refractivity contribution >= 4 is 7.75 Å². The lowest BCUT2D eigenvalue weighted by Crippen LogP contribution is -2.33. The number of hydrogen-bond donors (Lipinski definition) is 2. The minimum atomic E-state index is -3.59. The molecule has 0 saturated heterocycles. The van der Waals surface area contributed by atoms with Gasteiger partial charge >= 0.3 is 7.75 Å². The van der Waals surface area contributed by atoms with Crippen LogP contribution < -0.4 is 5.09 Å². The fourth-order valence-corrected chi connectivity index (χ4v) is 2.08. The minimum Gasteiger partial charge on any atom is -0.312 e. The van der Waals surface area contributed by atoms with Gasteiger partial charge in [0, 0.05) is 5.54 Å². The molecule has 0 radical (unpaired) electrons. The summed E-state index contributed by atoms with van der Waals surface area (Å²) < 4.78 is 16.2. The summed E-state index contributed by atoms with van der Waals surface area (Å²) in [6.45, 7) is 7.79. The molecule has 4 nitrogen and oxygen atoms in total. The molecule has 0 aromatic rings. The maximum Gasteiger partial charge on any atom is 0.403 e. The Hall–Kier alpha value is 0.110. The lowest BCUT2D eigenvalue weighted by Gasteiger charge is -2.23. The van der Waals surface area contributed by atoms with Gasteiger partial charge in [-0.1, -0.05) is 13.3 Å². The molecular weight excluding hydrogens is 189 g/mol. The third-order valence-corrected chi connectivity index (χ3v) is 2.73. The van der Waals surface area contributed by atoms with Crippen LogP contribution in [0.4, 0.5) is 0 Å². The molecule has 1 unspecified atom stereocenters. The Labute approximate surface area is 80.3 Å². The van der Waals surface area contributed by atoms with E-state index in [1.165, 1.54) is 0 Å². The topological polar surface area (TPSA) is 58.6 Å². The van der Waals surface area contributed by atoms with Crippen LogP contribution in [0.5, 0.6) is 0 Å². The molecule has 1 atom stereocenters. The Morgan fingerprint density at radius 1 is 1.46 bits per heavy atom. The number of nitrogens with one attached hydrogen (secondary N) is 1. The van der Waals surface area contributed by atoms with Crippen LogP contribution in [0.1, 0.15) is 40.5 Å². The van der Waals surface area contributed by atoms with E-state index in [0.717, 1.165) is 12.8 Å². The summed E-state index contributed by atoms with van der Waals surface area (Å²) >= 11 is 0. The number of hydrogen-bond acceptors (Lipinski definition) is 2. The molecule has 0 aliphatic carbocycles. The van der Waals surface area contributed by atoms with Gasteiger partial charge in [0.25, 0.3) is 0 Å². The molecule has 5 heteroatoms. The second-order valence-corrected chi connectivity index (χ2v) is 5.59. The minimum absolute atomic E-state index is 0.327. The van der Waals surface area contributed by atoms with E-state index in [9.17, 15) is 9.46 Å². The summed E-state index contributed by atoms with van der Waals surface area (Å²) in [5, 5.41) is 2.54. The Kier molecular flexibility index (Phi) is 5.15. The summed E-state index contributed by atoms with van der Waals surface area (Å²) in [7, 11) is -3.59. The monoisotopic (exact) mass is 209 g/mol. The maximum atomic E-state index is 11.3. The van der Waals surface area contributed by atoms with Crippen LogP contribution in [0.3, 0.4) is 0 Å². The van der Waals surface area contributed by atoms with E-state index in [0.29, 0.717) is 6.61 Å². The van der Waals surface area contributed by atoms with Gasteiger partial charge in [0.05, 0.1) is 6.61 Å². The van der Waals surface area contributed by atoms with Crippen molar-refractivity contribution in [2.24, 2.45) is 0 Å². The largest absolute Gasteiger partial charge is 0.403 e. The van der Waals surface area contributed by atoms with E-state index in [-0.39, 0.29) is 0 Å². The van der Waals surface area contributed by atoms with Gasteiger partial charge in [-0.2, -0.15) is 0 Å². The van der Waals surface area contributed by atoms with Crippen molar-refractivity contribution in [3.8, 4) is 0 Å². The fourth-order valence-electron chi connectivity index (χ4n) is 0.789. The molecule has 0 rings (SSSR count). The van der Waals surface area contributed by atoms with Crippen molar-refractivity contribution < 1.29 is 14.0 Å². The maximum absolute atomic E-state index is 11.3. The quantitative estimate of drug-likeness (QED) is 0.538. The van der Waals surface area contributed by atoms with Gasteiger partial charge in [-0.25, -0.2) is 9.65 Å². The third kappa shape index (κ3) is 8.44. The fraction of sp³-hybridized carbons (Fsp3) is 1.00. The summed E-state index contributed by atoms with van der Waals surface area (Å²) in [4.78, 5) is 9.30. The molecule has 13 heavy (non-hydrogen) atoms. The van der Waals surface area contributed by atoms with E-state index in [1.54, 1.807) is 0 Å². The van der Waals surface area contributed by atoms with Gasteiger partial charge in [-0.15, -0.1) is 0 Å². The second-order valence-electron chi connectivity index (χ2n) is 4.07. The normalized spacial score (nSPS) is 17.0. The molecular formula is C8H20NO3P. The highest BCUT2D eigenvalue weighted by Crippen LogP contribution is 2.39. The molecule has 0 heterocycles.